The summed E-state index contributed by atoms with van der Waals surface area (Å²) in [7, 11) is 0. The first-order chi connectivity index (χ1) is 18.5. The molecule has 0 atom stereocenters. The van der Waals surface area contributed by atoms with E-state index in [1.54, 1.807) is 0 Å². The number of benzene rings is 4. The monoisotopic (exact) mass is 527 g/mol. The van der Waals surface area contributed by atoms with Crippen LogP contribution < -0.4 is 14.8 Å². The molecule has 0 unspecified atom stereocenters. The van der Waals surface area contributed by atoms with Crippen LogP contribution in [-0.2, 0) is 6.61 Å². The Morgan fingerprint density at radius 2 is 1.37 bits per heavy atom. The van der Waals surface area contributed by atoms with Crippen LogP contribution in [0.2, 0.25) is 5.02 Å². The maximum atomic E-state index is 10.6. The average molecular weight is 528 g/mol. The number of halogens is 1. The van der Waals surface area contributed by atoms with Gasteiger partial charge in [0.1, 0.15) is 24.7 Å². The van der Waals surface area contributed by atoms with Crippen molar-refractivity contribution in [3.63, 3.8) is 0 Å². The van der Waals surface area contributed by atoms with Crippen LogP contribution >= 0.6 is 11.6 Å². The van der Waals surface area contributed by atoms with Gasteiger partial charge in [0.15, 0.2) is 0 Å². The summed E-state index contributed by atoms with van der Waals surface area (Å²) < 4.78 is 11.7. The Hall–Kier alpha value is -4.22. The minimum absolute atomic E-state index is 0.216. The van der Waals surface area contributed by atoms with Crippen molar-refractivity contribution in [2.75, 3.05) is 13.2 Å². The second kappa shape index (κ2) is 13.4. The molecule has 1 amide bonds. The third-order valence-electron chi connectivity index (χ3n) is 6.04. The van der Waals surface area contributed by atoms with Crippen molar-refractivity contribution < 1.29 is 19.4 Å². The molecule has 0 radical (unpaired) electrons. The summed E-state index contributed by atoms with van der Waals surface area (Å²) in [5.74, 6) is 1.47. The predicted molar refractivity (Wildman–Crippen MR) is 153 cm³/mol. The molecule has 0 aliphatic carbocycles. The molecule has 0 aromatic heterocycles. The number of carboxylic acid groups (broad SMARTS) is 1. The van der Waals surface area contributed by atoms with Crippen LogP contribution in [0.3, 0.4) is 0 Å². The van der Waals surface area contributed by atoms with Crippen molar-refractivity contribution in [1.82, 2.24) is 5.32 Å². The van der Waals surface area contributed by atoms with E-state index >= 15 is 0 Å². The van der Waals surface area contributed by atoms with Crippen molar-refractivity contribution in [3.8, 4) is 11.5 Å². The molecule has 4 aromatic carbocycles. The van der Waals surface area contributed by atoms with E-state index in [4.69, 9.17) is 26.2 Å². The van der Waals surface area contributed by atoms with E-state index in [-0.39, 0.29) is 13.2 Å². The summed E-state index contributed by atoms with van der Waals surface area (Å²) in [4.78, 5) is 10.6. The van der Waals surface area contributed by atoms with E-state index in [0.29, 0.717) is 17.4 Å². The fourth-order valence-corrected chi connectivity index (χ4v) is 4.48. The topological polar surface area (TPSA) is 67.8 Å². The zero-order valence-electron chi connectivity index (χ0n) is 21.2. The van der Waals surface area contributed by atoms with Gasteiger partial charge in [0.25, 0.3) is 0 Å². The summed E-state index contributed by atoms with van der Waals surface area (Å²) in [6, 6.07) is 33.9. The molecule has 0 heterocycles. The molecule has 194 valence electrons. The Morgan fingerprint density at radius 3 is 1.95 bits per heavy atom. The molecule has 0 saturated carbocycles. The summed E-state index contributed by atoms with van der Waals surface area (Å²) in [6.07, 6.45) is -0.286. The van der Waals surface area contributed by atoms with Crippen molar-refractivity contribution in [2.24, 2.45) is 0 Å². The molecule has 4 rings (SSSR count). The van der Waals surface area contributed by atoms with Crippen LogP contribution in [0, 0.1) is 0 Å². The number of ether oxygens (including phenoxy) is 2. The molecule has 0 spiro atoms. The second-order valence-electron chi connectivity index (χ2n) is 8.59. The normalized spacial score (nSPS) is 11.4. The minimum atomic E-state index is -1.07. The SMILES string of the molecule is CCC(=C(c1ccc(OCCNC(=O)O)cc1)c1ccc(OCc2ccccc2)cc1)c1ccccc1Cl. The highest BCUT2D eigenvalue weighted by Crippen LogP contribution is 2.38. The van der Waals surface area contributed by atoms with Crippen molar-refractivity contribution in [3.05, 3.63) is 130 Å². The Labute approximate surface area is 228 Å². The standard InChI is InChI=1S/C32H30ClNO4/c1-2-28(29-10-6-7-11-30(29)33)31(24-12-16-26(17-13-24)37-21-20-34-32(35)36)25-14-18-27(19-15-25)38-22-23-8-4-3-5-9-23/h3-19,34H,2,20-22H2,1H3,(H,35,36). The van der Waals surface area contributed by atoms with E-state index in [0.717, 1.165) is 45.6 Å². The third-order valence-corrected chi connectivity index (χ3v) is 6.37. The van der Waals surface area contributed by atoms with E-state index in [1.807, 2.05) is 91.0 Å². The van der Waals surface area contributed by atoms with Crippen molar-refractivity contribution in [1.29, 1.82) is 0 Å². The quantitative estimate of drug-likeness (QED) is 0.153. The molecule has 6 heteroatoms. The fourth-order valence-electron chi connectivity index (χ4n) is 4.23. The summed E-state index contributed by atoms with van der Waals surface area (Å²) in [5, 5.41) is 11.7. The Morgan fingerprint density at radius 1 is 0.789 bits per heavy atom. The van der Waals surface area contributed by atoms with Crippen LogP contribution in [0.15, 0.2) is 103 Å². The smallest absolute Gasteiger partial charge is 0.404 e. The first kappa shape index (κ1) is 26.8. The highest BCUT2D eigenvalue weighted by Gasteiger charge is 2.15. The van der Waals surface area contributed by atoms with Gasteiger partial charge in [-0.2, -0.15) is 0 Å². The van der Waals surface area contributed by atoms with Crippen LogP contribution in [0.4, 0.5) is 4.79 Å². The van der Waals surface area contributed by atoms with Crippen LogP contribution in [0.1, 0.15) is 35.6 Å². The lowest BCUT2D eigenvalue weighted by molar-refractivity contribution is 0.191. The maximum absolute atomic E-state index is 10.6. The zero-order chi connectivity index (χ0) is 26.7. The van der Waals surface area contributed by atoms with Crippen LogP contribution in [-0.4, -0.2) is 24.4 Å². The Balaban J connectivity index is 1.64. The number of amides is 1. The fraction of sp³-hybridized carbons (Fsp3) is 0.156. The molecule has 0 bridgehead atoms. The largest absolute Gasteiger partial charge is 0.492 e. The highest BCUT2D eigenvalue weighted by molar-refractivity contribution is 6.32. The average Bonchev–Trinajstić information content (AvgIpc) is 2.95. The first-order valence-corrected chi connectivity index (χ1v) is 12.9. The van der Waals surface area contributed by atoms with Gasteiger partial charge in [0, 0.05) is 5.02 Å². The van der Waals surface area contributed by atoms with Gasteiger partial charge in [0.2, 0.25) is 0 Å². The van der Waals surface area contributed by atoms with Crippen LogP contribution in [0.25, 0.3) is 11.1 Å². The molecule has 38 heavy (non-hydrogen) atoms. The summed E-state index contributed by atoms with van der Waals surface area (Å²) in [5.41, 5.74) is 6.40. The molecule has 5 nitrogen and oxygen atoms in total. The molecule has 4 aromatic rings. The number of nitrogens with one attached hydrogen (secondary N) is 1. The van der Waals surface area contributed by atoms with Gasteiger partial charge in [-0.25, -0.2) is 4.79 Å². The second-order valence-corrected chi connectivity index (χ2v) is 9.00. The van der Waals surface area contributed by atoms with Gasteiger partial charge < -0.3 is 19.9 Å². The van der Waals surface area contributed by atoms with E-state index in [2.05, 4.69) is 24.4 Å². The maximum Gasteiger partial charge on any atom is 0.404 e. The molecule has 0 saturated heterocycles. The zero-order valence-corrected chi connectivity index (χ0v) is 21.9. The van der Waals surface area contributed by atoms with Crippen molar-refractivity contribution in [2.45, 2.75) is 20.0 Å². The van der Waals surface area contributed by atoms with Gasteiger partial charge in [0.05, 0.1) is 6.54 Å². The molecule has 0 aliphatic heterocycles. The van der Waals surface area contributed by atoms with E-state index < -0.39 is 6.09 Å². The molecule has 0 aliphatic rings. The predicted octanol–water partition coefficient (Wildman–Crippen LogP) is 7.93. The number of carbonyl (C=O) groups is 1. The summed E-state index contributed by atoms with van der Waals surface area (Å²) >= 11 is 6.64. The molecular weight excluding hydrogens is 498 g/mol. The molecular formula is C32H30ClNO4. The lowest BCUT2D eigenvalue weighted by atomic mass is 9.88. The number of allylic oxidation sites excluding steroid dienone is 1. The number of hydrogen-bond acceptors (Lipinski definition) is 3. The van der Waals surface area contributed by atoms with Gasteiger partial charge >= 0.3 is 6.09 Å². The van der Waals surface area contributed by atoms with Gasteiger partial charge in [-0.15, -0.1) is 0 Å². The Bertz CT molecular complexity index is 1370. The van der Waals surface area contributed by atoms with Gasteiger partial charge in [-0.1, -0.05) is 91.3 Å². The van der Waals surface area contributed by atoms with E-state index in [1.165, 1.54) is 0 Å². The minimum Gasteiger partial charge on any atom is -0.492 e. The Kier molecular flexibility index (Phi) is 9.43. The van der Waals surface area contributed by atoms with Crippen molar-refractivity contribution >= 4 is 28.8 Å². The van der Waals surface area contributed by atoms with E-state index in [9.17, 15) is 4.79 Å². The van der Waals surface area contributed by atoms with Crippen LogP contribution in [0.5, 0.6) is 11.5 Å². The number of rotatable bonds is 11. The molecule has 0 fully saturated rings. The first-order valence-electron chi connectivity index (χ1n) is 12.5. The highest BCUT2D eigenvalue weighted by atomic mass is 35.5. The number of hydrogen-bond donors (Lipinski definition) is 2. The molecule has 2 N–H and O–H groups in total. The third kappa shape index (κ3) is 7.17. The van der Waals surface area contributed by atoms with Gasteiger partial charge in [-0.05, 0) is 70.2 Å². The lowest BCUT2D eigenvalue weighted by Gasteiger charge is -2.18. The van der Waals surface area contributed by atoms with Gasteiger partial charge in [-0.3, -0.25) is 0 Å². The lowest BCUT2D eigenvalue weighted by Crippen LogP contribution is -2.26. The summed E-state index contributed by atoms with van der Waals surface area (Å²) in [6.45, 7) is 3.10.